The average molecular weight is 435 g/mol. The van der Waals surface area contributed by atoms with Gasteiger partial charge in [0.05, 0.1) is 23.9 Å². The number of urea groups is 1. The number of hydrogen-bond donors (Lipinski definition) is 1. The number of benzene rings is 1. The van der Waals surface area contributed by atoms with E-state index >= 15 is 0 Å². The summed E-state index contributed by atoms with van der Waals surface area (Å²) in [5.74, 6) is -0.677. The first-order valence-corrected chi connectivity index (χ1v) is 10.4. The van der Waals surface area contributed by atoms with E-state index in [1.54, 1.807) is 30.7 Å². The van der Waals surface area contributed by atoms with Gasteiger partial charge in [-0.25, -0.2) is 14.8 Å². The highest BCUT2D eigenvalue weighted by Gasteiger charge is 2.43. The Morgan fingerprint density at radius 3 is 2.41 bits per heavy atom. The average Bonchev–Trinajstić information content (AvgIpc) is 3.05. The Morgan fingerprint density at radius 2 is 1.69 bits per heavy atom. The monoisotopic (exact) mass is 435 g/mol. The van der Waals surface area contributed by atoms with E-state index < -0.39 is 23.8 Å². The van der Waals surface area contributed by atoms with Crippen molar-refractivity contribution in [1.82, 2.24) is 30.2 Å². The van der Waals surface area contributed by atoms with Gasteiger partial charge in [-0.15, -0.1) is 0 Å². The summed E-state index contributed by atoms with van der Waals surface area (Å²) in [5, 5.41) is 3.96. The fraction of sp³-hybridized carbons (Fsp3) is 0.333. The van der Waals surface area contributed by atoms with Gasteiger partial charge in [0.25, 0.3) is 11.8 Å². The smallest absolute Gasteiger partial charge is 0.343 e. The Kier molecular flexibility index (Phi) is 5.02. The zero-order valence-electron chi connectivity index (χ0n) is 17.2. The maximum atomic E-state index is 12.9. The Hall–Kier alpha value is -3.86. The van der Waals surface area contributed by atoms with Crippen LogP contribution < -0.4 is 10.2 Å². The molecule has 0 atom stereocenters. The SMILES string of the molecule is O=C1CCN(N2C(=O)c3ccc(CN4CCN(c5cnccn5)CC4)cc3C2=O)C(=O)N1. The minimum atomic E-state index is -0.767. The summed E-state index contributed by atoms with van der Waals surface area (Å²) in [6.07, 6.45) is 5.12. The van der Waals surface area contributed by atoms with Crippen LogP contribution in [0.1, 0.15) is 32.7 Å². The number of rotatable bonds is 4. The van der Waals surface area contributed by atoms with Gasteiger partial charge in [0.15, 0.2) is 0 Å². The summed E-state index contributed by atoms with van der Waals surface area (Å²) < 4.78 is 0. The van der Waals surface area contributed by atoms with Gasteiger partial charge in [-0.05, 0) is 17.7 Å². The molecule has 2 fully saturated rings. The molecular weight excluding hydrogens is 414 g/mol. The second-order valence-corrected chi connectivity index (χ2v) is 7.86. The van der Waals surface area contributed by atoms with Crippen molar-refractivity contribution in [3.63, 3.8) is 0 Å². The van der Waals surface area contributed by atoms with Crippen LogP contribution >= 0.6 is 0 Å². The molecule has 11 heteroatoms. The Morgan fingerprint density at radius 1 is 0.906 bits per heavy atom. The molecule has 5 amide bonds. The summed E-state index contributed by atoms with van der Waals surface area (Å²) in [7, 11) is 0. The van der Waals surface area contributed by atoms with Crippen molar-refractivity contribution in [2.75, 3.05) is 37.6 Å². The minimum absolute atomic E-state index is 0.0148. The Balaban J connectivity index is 1.26. The fourth-order valence-electron chi connectivity index (χ4n) is 4.19. The van der Waals surface area contributed by atoms with Gasteiger partial charge in [0.2, 0.25) is 5.91 Å². The Labute approximate surface area is 183 Å². The van der Waals surface area contributed by atoms with Crippen molar-refractivity contribution < 1.29 is 19.2 Å². The van der Waals surface area contributed by atoms with Gasteiger partial charge in [0, 0.05) is 51.5 Å². The van der Waals surface area contributed by atoms with E-state index in [1.807, 2.05) is 6.07 Å². The van der Waals surface area contributed by atoms with Crippen LogP contribution in [-0.4, -0.2) is 81.4 Å². The molecule has 3 aliphatic heterocycles. The first-order chi connectivity index (χ1) is 15.5. The van der Waals surface area contributed by atoms with Crippen LogP contribution in [-0.2, 0) is 11.3 Å². The molecule has 0 unspecified atom stereocenters. The molecule has 2 saturated heterocycles. The van der Waals surface area contributed by atoms with E-state index in [1.165, 1.54) is 0 Å². The zero-order valence-corrected chi connectivity index (χ0v) is 17.2. The van der Waals surface area contributed by atoms with E-state index in [0.717, 1.165) is 47.6 Å². The Bertz CT molecular complexity index is 1100. The van der Waals surface area contributed by atoms with Crippen molar-refractivity contribution in [3.8, 4) is 0 Å². The summed E-state index contributed by atoms with van der Waals surface area (Å²) >= 11 is 0. The molecule has 1 aromatic heterocycles. The van der Waals surface area contributed by atoms with E-state index in [2.05, 4.69) is 25.1 Å². The number of piperazine rings is 1. The van der Waals surface area contributed by atoms with E-state index in [4.69, 9.17) is 0 Å². The number of nitrogens with zero attached hydrogens (tertiary/aromatic N) is 6. The van der Waals surface area contributed by atoms with Crippen LogP contribution in [0.4, 0.5) is 10.6 Å². The number of imide groups is 2. The first-order valence-electron chi connectivity index (χ1n) is 10.4. The third-order valence-corrected chi connectivity index (χ3v) is 5.85. The molecule has 1 N–H and O–H groups in total. The lowest BCUT2D eigenvalue weighted by molar-refractivity contribution is -0.122. The van der Waals surface area contributed by atoms with Gasteiger partial charge in [0.1, 0.15) is 5.82 Å². The molecule has 1 aromatic carbocycles. The van der Waals surface area contributed by atoms with Gasteiger partial charge < -0.3 is 4.90 Å². The van der Waals surface area contributed by atoms with E-state index in [0.29, 0.717) is 6.54 Å². The molecular formula is C21H21N7O4. The normalized spacial score (nSPS) is 19.4. The standard InChI is InChI=1S/C21H21N7O4/c29-18-3-6-27(21(32)24-18)28-19(30)15-2-1-14(11-16(15)20(28)31)13-25-7-9-26(10-8-25)17-12-22-4-5-23-17/h1-2,4-5,11-12H,3,6-10,13H2,(H,24,29,32). The van der Waals surface area contributed by atoms with E-state index in [9.17, 15) is 19.2 Å². The fourth-order valence-corrected chi connectivity index (χ4v) is 4.19. The number of hydrogen-bond acceptors (Lipinski definition) is 8. The van der Waals surface area contributed by atoms with Crippen molar-refractivity contribution in [1.29, 1.82) is 0 Å². The number of carbonyl (C=O) groups excluding carboxylic acids is 4. The largest absolute Gasteiger partial charge is 0.353 e. The van der Waals surface area contributed by atoms with Crippen LogP contribution in [0.3, 0.4) is 0 Å². The van der Waals surface area contributed by atoms with Crippen LogP contribution in [0, 0.1) is 0 Å². The third kappa shape index (κ3) is 3.56. The van der Waals surface area contributed by atoms with Gasteiger partial charge in [-0.2, -0.15) is 5.01 Å². The van der Waals surface area contributed by atoms with Crippen LogP contribution in [0.2, 0.25) is 0 Å². The summed E-state index contributed by atoms with van der Waals surface area (Å²) in [6, 6.07) is 4.42. The number of carbonyl (C=O) groups is 4. The zero-order chi connectivity index (χ0) is 22.2. The topological polar surface area (TPSA) is 119 Å². The van der Waals surface area contributed by atoms with Crippen molar-refractivity contribution in [2.45, 2.75) is 13.0 Å². The number of anilines is 1. The number of hydrazine groups is 1. The maximum absolute atomic E-state index is 12.9. The lowest BCUT2D eigenvalue weighted by Crippen LogP contribution is -2.58. The quantitative estimate of drug-likeness (QED) is 0.679. The van der Waals surface area contributed by atoms with Crippen LogP contribution in [0.25, 0.3) is 0 Å². The predicted molar refractivity (Wildman–Crippen MR) is 111 cm³/mol. The third-order valence-electron chi connectivity index (χ3n) is 5.85. The van der Waals surface area contributed by atoms with Gasteiger partial charge in [-0.3, -0.25) is 29.6 Å². The van der Waals surface area contributed by atoms with Crippen molar-refractivity contribution >= 4 is 29.6 Å². The van der Waals surface area contributed by atoms with Gasteiger partial charge in [-0.1, -0.05) is 6.07 Å². The number of amides is 5. The summed E-state index contributed by atoms with van der Waals surface area (Å²) in [4.78, 5) is 62.1. The lowest BCUT2D eigenvalue weighted by atomic mass is 10.1. The highest BCUT2D eigenvalue weighted by molar-refractivity contribution is 6.22. The number of fused-ring (bicyclic) bond motifs is 1. The molecule has 0 radical (unpaired) electrons. The molecule has 32 heavy (non-hydrogen) atoms. The molecule has 3 aliphatic rings. The molecule has 2 aromatic rings. The molecule has 11 nitrogen and oxygen atoms in total. The molecule has 164 valence electrons. The minimum Gasteiger partial charge on any atom is -0.353 e. The molecule has 5 rings (SSSR count). The highest BCUT2D eigenvalue weighted by Crippen LogP contribution is 2.27. The molecule has 0 saturated carbocycles. The van der Waals surface area contributed by atoms with Crippen LogP contribution in [0.5, 0.6) is 0 Å². The summed E-state index contributed by atoms with van der Waals surface area (Å²) in [5.41, 5.74) is 1.45. The maximum Gasteiger partial charge on any atom is 0.343 e. The van der Waals surface area contributed by atoms with E-state index in [-0.39, 0.29) is 24.1 Å². The molecule has 0 bridgehead atoms. The lowest BCUT2D eigenvalue weighted by Gasteiger charge is -2.35. The van der Waals surface area contributed by atoms with Crippen molar-refractivity contribution in [2.24, 2.45) is 0 Å². The summed E-state index contributed by atoms with van der Waals surface area (Å²) in [6.45, 7) is 3.92. The second-order valence-electron chi connectivity index (χ2n) is 7.86. The predicted octanol–water partition coefficient (Wildman–Crippen LogP) is 0.252. The highest BCUT2D eigenvalue weighted by atomic mass is 16.2. The van der Waals surface area contributed by atoms with Crippen LogP contribution in [0.15, 0.2) is 36.8 Å². The van der Waals surface area contributed by atoms with Crippen molar-refractivity contribution in [3.05, 3.63) is 53.5 Å². The molecule has 4 heterocycles. The molecule has 0 aliphatic carbocycles. The molecule has 0 spiro atoms. The number of aromatic nitrogens is 2. The first kappa shape index (κ1) is 20.1. The van der Waals surface area contributed by atoms with Gasteiger partial charge >= 0.3 is 6.03 Å². The second kappa shape index (κ2) is 8.00. The number of nitrogens with one attached hydrogen (secondary N) is 1.